The second-order valence-electron chi connectivity index (χ2n) is 4.36. The average Bonchev–Trinajstić information content (AvgIpc) is 2.84. The Morgan fingerprint density at radius 2 is 2.11 bits per heavy atom. The predicted octanol–water partition coefficient (Wildman–Crippen LogP) is 1.87. The quantitative estimate of drug-likeness (QED) is 0.756. The number of nitrogens with one attached hydrogen (secondary N) is 1. The Bertz CT molecular complexity index is 450. The SMILES string of the molecule is CCCNCCc1cn(Cc2ccccn2)cn1. The molecule has 18 heavy (non-hydrogen) atoms. The van der Waals surface area contributed by atoms with E-state index in [2.05, 4.69) is 33.0 Å². The van der Waals surface area contributed by atoms with Crippen molar-refractivity contribution >= 4 is 0 Å². The normalized spacial score (nSPS) is 10.7. The average molecular weight is 244 g/mol. The zero-order chi connectivity index (χ0) is 12.6. The minimum Gasteiger partial charge on any atom is -0.331 e. The van der Waals surface area contributed by atoms with Crippen molar-refractivity contribution in [2.75, 3.05) is 13.1 Å². The highest BCUT2D eigenvalue weighted by atomic mass is 15.0. The molecule has 1 N–H and O–H groups in total. The molecule has 0 fully saturated rings. The van der Waals surface area contributed by atoms with E-state index in [1.165, 1.54) is 6.42 Å². The summed E-state index contributed by atoms with van der Waals surface area (Å²) < 4.78 is 2.08. The van der Waals surface area contributed by atoms with E-state index in [9.17, 15) is 0 Å². The highest BCUT2D eigenvalue weighted by Crippen LogP contribution is 2.01. The molecule has 0 spiro atoms. The van der Waals surface area contributed by atoms with Crippen LogP contribution < -0.4 is 5.32 Å². The third kappa shape index (κ3) is 3.96. The zero-order valence-electron chi connectivity index (χ0n) is 10.8. The molecule has 2 heterocycles. The highest BCUT2D eigenvalue weighted by Gasteiger charge is 2.00. The van der Waals surface area contributed by atoms with Crippen LogP contribution in [0.5, 0.6) is 0 Å². The van der Waals surface area contributed by atoms with Gasteiger partial charge in [-0.3, -0.25) is 4.98 Å². The summed E-state index contributed by atoms with van der Waals surface area (Å²) in [6, 6.07) is 5.97. The van der Waals surface area contributed by atoms with Gasteiger partial charge < -0.3 is 9.88 Å². The van der Waals surface area contributed by atoms with Crippen LogP contribution in [0.3, 0.4) is 0 Å². The van der Waals surface area contributed by atoms with Gasteiger partial charge in [-0.1, -0.05) is 13.0 Å². The summed E-state index contributed by atoms with van der Waals surface area (Å²) in [4.78, 5) is 8.71. The lowest BCUT2D eigenvalue weighted by Gasteiger charge is -2.01. The minimum atomic E-state index is 0.788. The molecule has 0 atom stereocenters. The van der Waals surface area contributed by atoms with Crippen molar-refractivity contribution in [3.8, 4) is 0 Å². The number of hydrogen-bond donors (Lipinski definition) is 1. The van der Waals surface area contributed by atoms with Crippen LogP contribution in [0.4, 0.5) is 0 Å². The Balaban J connectivity index is 1.83. The Morgan fingerprint density at radius 3 is 2.89 bits per heavy atom. The molecule has 0 aromatic carbocycles. The van der Waals surface area contributed by atoms with Crippen molar-refractivity contribution in [1.29, 1.82) is 0 Å². The van der Waals surface area contributed by atoms with E-state index in [1.54, 1.807) is 0 Å². The van der Waals surface area contributed by atoms with Crippen LogP contribution in [0.15, 0.2) is 36.9 Å². The molecular weight excluding hydrogens is 224 g/mol. The number of aromatic nitrogens is 3. The van der Waals surface area contributed by atoms with Crippen LogP contribution in [-0.4, -0.2) is 27.6 Å². The molecule has 2 aromatic heterocycles. The molecule has 0 saturated heterocycles. The summed E-state index contributed by atoms with van der Waals surface area (Å²) in [6.07, 6.45) is 7.96. The van der Waals surface area contributed by atoms with Crippen LogP contribution in [0, 0.1) is 0 Å². The number of rotatable bonds is 7. The van der Waals surface area contributed by atoms with E-state index in [0.717, 1.165) is 37.4 Å². The van der Waals surface area contributed by atoms with E-state index in [0.29, 0.717) is 0 Å². The topological polar surface area (TPSA) is 42.7 Å². The Kier molecular flexibility index (Phi) is 4.90. The van der Waals surface area contributed by atoms with Crippen LogP contribution in [0.1, 0.15) is 24.7 Å². The maximum atomic E-state index is 4.41. The maximum absolute atomic E-state index is 4.41. The first-order valence-corrected chi connectivity index (χ1v) is 6.49. The van der Waals surface area contributed by atoms with Crippen molar-refractivity contribution in [1.82, 2.24) is 19.9 Å². The van der Waals surface area contributed by atoms with Crippen LogP contribution >= 0.6 is 0 Å². The zero-order valence-corrected chi connectivity index (χ0v) is 10.8. The molecule has 0 aliphatic heterocycles. The summed E-state index contributed by atoms with van der Waals surface area (Å²) in [5.74, 6) is 0. The Hall–Kier alpha value is -1.68. The van der Waals surface area contributed by atoms with Gasteiger partial charge in [-0.25, -0.2) is 4.98 Å². The molecule has 0 amide bonds. The van der Waals surface area contributed by atoms with Gasteiger partial charge in [-0.2, -0.15) is 0 Å². The van der Waals surface area contributed by atoms with E-state index >= 15 is 0 Å². The molecule has 0 unspecified atom stereocenters. The fourth-order valence-electron chi connectivity index (χ4n) is 1.82. The third-order valence-corrected chi connectivity index (χ3v) is 2.74. The first-order valence-electron chi connectivity index (χ1n) is 6.49. The highest BCUT2D eigenvalue weighted by molar-refractivity contribution is 5.06. The second-order valence-corrected chi connectivity index (χ2v) is 4.36. The summed E-state index contributed by atoms with van der Waals surface area (Å²) in [5, 5.41) is 3.38. The molecule has 2 aromatic rings. The first-order chi connectivity index (χ1) is 8.88. The lowest BCUT2D eigenvalue weighted by atomic mass is 10.3. The number of nitrogens with zero attached hydrogens (tertiary/aromatic N) is 3. The van der Waals surface area contributed by atoms with Gasteiger partial charge in [0.25, 0.3) is 0 Å². The Labute approximate surface area is 108 Å². The number of imidazole rings is 1. The summed E-state index contributed by atoms with van der Waals surface area (Å²) in [6.45, 7) is 5.04. The number of hydrogen-bond acceptors (Lipinski definition) is 3. The predicted molar refractivity (Wildman–Crippen MR) is 72.4 cm³/mol. The van der Waals surface area contributed by atoms with Crippen molar-refractivity contribution in [3.63, 3.8) is 0 Å². The van der Waals surface area contributed by atoms with Gasteiger partial charge in [0.15, 0.2) is 0 Å². The van der Waals surface area contributed by atoms with Crippen LogP contribution in [-0.2, 0) is 13.0 Å². The van der Waals surface area contributed by atoms with Crippen molar-refractivity contribution < 1.29 is 0 Å². The maximum Gasteiger partial charge on any atom is 0.0953 e. The van der Waals surface area contributed by atoms with Gasteiger partial charge in [0.2, 0.25) is 0 Å². The van der Waals surface area contributed by atoms with E-state index < -0.39 is 0 Å². The lowest BCUT2D eigenvalue weighted by molar-refractivity contribution is 0.666. The molecule has 0 aliphatic rings. The molecule has 96 valence electrons. The standard InChI is InChI=1S/C14H20N4/c1-2-7-15-9-6-14-11-18(12-17-14)10-13-5-3-4-8-16-13/h3-5,8,11-12,15H,2,6-7,9-10H2,1H3. The third-order valence-electron chi connectivity index (χ3n) is 2.74. The fraction of sp³-hybridized carbons (Fsp3) is 0.429. The number of pyridine rings is 1. The molecular formula is C14H20N4. The molecule has 0 bridgehead atoms. The van der Waals surface area contributed by atoms with E-state index in [1.807, 2.05) is 30.7 Å². The summed E-state index contributed by atoms with van der Waals surface area (Å²) in [5.41, 5.74) is 2.19. The van der Waals surface area contributed by atoms with E-state index in [-0.39, 0.29) is 0 Å². The van der Waals surface area contributed by atoms with Gasteiger partial charge in [0.1, 0.15) is 0 Å². The smallest absolute Gasteiger partial charge is 0.0953 e. The molecule has 4 nitrogen and oxygen atoms in total. The van der Waals surface area contributed by atoms with Crippen molar-refractivity contribution in [2.24, 2.45) is 0 Å². The second kappa shape index (κ2) is 6.91. The largest absolute Gasteiger partial charge is 0.331 e. The summed E-state index contributed by atoms with van der Waals surface area (Å²) in [7, 11) is 0. The Morgan fingerprint density at radius 1 is 1.17 bits per heavy atom. The van der Waals surface area contributed by atoms with Gasteiger partial charge in [-0.05, 0) is 25.1 Å². The van der Waals surface area contributed by atoms with Gasteiger partial charge in [0, 0.05) is 25.4 Å². The molecule has 0 aliphatic carbocycles. The van der Waals surface area contributed by atoms with Gasteiger partial charge in [-0.15, -0.1) is 0 Å². The van der Waals surface area contributed by atoms with Crippen LogP contribution in [0.25, 0.3) is 0 Å². The molecule has 0 saturated carbocycles. The van der Waals surface area contributed by atoms with Gasteiger partial charge in [0.05, 0.1) is 24.3 Å². The summed E-state index contributed by atoms with van der Waals surface area (Å²) >= 11 is 0. The van der Waals surface area contributed by atoms with E-state index in [4.69, 9.17) is 0 Å². The monoisotopic (exact) mass is 244 g/mol. The first kappa shape index (κ1) is 12.8. The molecule has 4 heteroatoms. The molecule has 0 radical (unpaired) electrons. The minimum absolute atomic E-state index is 0.788. The lowest BCUT2D eigenvalue weighted by Crippen LogP contribution is -2.17. The van der Waals surface area contributed by atoms with Crippen molar-refractivity contribution in [3.05, 3.63) is 48.3 Å². The van der Waals surface area contributed by atoms with Crippen LogP contribution in [0.2, 0.25) is 0 Å². The van der Waals surface area contributed by atoms with Gasteiger partial charge >= 0.3 is 0 Å². The fourth-order valence-corrected chi connectivity index (χ4v) is 1.82. The van der Waals surface area contributed by atoms with Crippen molar-refractivity contribution in [2.45, 2.75) is 26.3 Å². The molecule has 2 rings (SSSR count).